The highest BCUT2D eigenvalue weighted by molar-refractivity contribution is 9.10. The Morgan fingerprint density at radius 2 is 2.20 bits per heavy atom. The molecule has 0 radical (unpaired) electrons. The highest BCUT2D eigenvalue weighted by Gasteiger charge is 2.37. The van der Waals surface area contributed by atoms with Crippen molar-refractivity contribution in [1.29, 1.82) is 0 Å². The van der Waals surface area contributed by atoms with Crippen molar-refractivity contribution in [3.63, 3.8) is 0 Å². The molecule has 0 aliphatic heterocycles. The SMILES string of the molecule is CC(C)(C(=O)O)C(O)c1cc(Br)c(Cl)s1. The predicted octanol–water partition coefficient (Wildman–Crippen LogP) is 3.31. The van der Waals surface area contributed by atoms with E-state index in [1.54, 1.807) is 6.07 Å². The fraction of sp³-hybridized carbons (Fsp3) is 0.444. The molecule has 0 aliphatic carbocycles. The summed E-state index contributed by atoms with van der Waals surface area (Å²) in [6, 6.07) is 1.64. The third-order valence-corrected chi connectivity index (χ3v) is 4.70. The molecule has 0 aliphatic rings. The lowest BCUT2D eigenvalue weighted by Crippen LogP contribution is -2.30. The number of hydrogen-bond acceptors (Lipinski definition) is 3. The summed E-state index contributed by atoms with van der Waals surface area (Å²) in [4.78, 5) is 11.5. The van der Waals surface area contributed by atoms with Crippen LogP contribution in [0.5, 0.6) is 0 Å². The zero-order valence-electron chi connectivity index (χ0n) is 8.12. The molecule has 3 nitrogen and oxygen atoms in total. The second-order valence-corrected chi connectivity index (χ2v) is 6.24. The fourth-order valence-electron chi connectivity index (χ4n) is 0.971. The summed E-state index contributed by atoms with van der Waals surface area (Å²) < 4.78 is 1.18. The summed E-state index contributed by atoms with van der Waals surface area (Å²) in [7, 11) is 0. The van der Waals surface area contributed by atoms with E-state index in [1.807, 2.05) is 0 Å². The molecule has 0 aromatic carbocycles. The van der Waals surface area contributed by atoms with Gasteiger partial charge < -0.3 is 10.2 Å². The molecule has 15 heavy (non-hydrogen) atoms. The molecule has 0 fully saturated rings. The molecule has 1 aromatic heterocycles. The monoisotopic (exact) mass is 312 g/mol. The van der Waals surface area contributed by atoms with Gasteiger partial charge in [0.05, 0.1) is 5.41 Å². The van der Waals surface area contributed by atoms with Crippen molar-refractivity contribution in [1.82, 2.24) is 0 Å². The summed E-state index contributed by atoms with van der Waals surface area (Å²) in [5.74, 6) is -1.05. The molecule has 1 atom stereocenters. The molecule has 0 saturated heterocycles. The van der Waals surface area contributed by atoms with Gasteiger partial charge in [0.1, 0.15) is 10.4 Å². The van der Waals surface area contributed by atoms with Crippen LogP contribution in [0.2, 0.25) is 4.34 Å². The van der Waals surface area contributed by atoms with E-state index in [0.717, 1.165) is 0 Å². The maximum absolute atomic E-state index is 10.9. The third-order valence-electron chi connectivity index (χ3n) is 2.17. The first kappa shape index (κ1) is 13.0. The minimum Gasteiger partial charge on any atom is -0.481 e. The second-order valence-electron chi connectivity index (χ2n) is 3.70. The van der Waals surface area contributed by atoms with Gasteiger partial charge in [-0.1, -0.05) is 11.6 Å². The topological polar surface area (TPSA) is 57.5 Å². The van der Waals surface area contributed by atoms with Crippen LogP contribution in [-0.2, 0) is 4.79 Å². The first-order valence-corrected chi connectivity index (χ1v) is 6.11. The lowest BCUT2D eigenvalue weighted by molar-refractivity contribution is -0.153. The Morgan fingerprint density at radius 1 is 1.67 bits per heavy atom. The summed E-state index contributed by atoms with van der Waals surface area (Å²) in [5.41, 5.74) is -1.23. The number of aliphatic hydroxyl groups excluding tert-OH is 1. The Bertz CT molecular complexity index is 369. The van der Waals surface area contributed by atoms with Crippen molar-refractivity contribution < 1.29 is 15.0 Å². The van der Waals surface area contributed by atoms with Gasteiger partial charge in [-0.2, -0.15) is 0 Å². The van der Waals surface area contributed by atoms with Gasteiger partial charge in [-0.15, -0.1) is 11.3 Å². The molecule has 1 heterocycles. The predicted molar refractivity (Wildman–Crippen MR) is 63.4 cm³/mol. The molecule has 0 bridgehead atoms. The zero-order valence-corrected chi connectivity index (χ0v) is 11.3. The highest BCUT2D eigenvalue weighted by Crippen LogP contribution is 2.41. The van der Waals surface area contributed by atoms with Crippen molar-refractivity contribution in [2.75, 3.05) is 0 Å². The van der Waals surface area contributed by atoms with E-state index >= 15 is 0 Å². The van der Waals surface area contributed by atoms with Crippen LogP contribution < -0.4 is 0 Å². The molecule has 6 heteroatoms. The van der Waals surface area contributed by atoms with E-state index in [-0.39, 0.29) is 0 Å². The number of halogens is 2. The van der Waals surface area contributed by atoms with Crippen LogP contribution >= 0.6 is 38.9 Å². The number of carboxylic acid groups (broad SMARTS) is 1. The average molecular weight is 314 g/mol. The molecular formula is C9H10BrClO3S. The van der Waals surface area contributed by atoms with Gasteiger partial charge in [0.2, 0.25) is 0 Å². The summed E-state index contributed by atoms with van der Waals surface area (Å²) in [6.45, 7) is 2.95. The lowest BCUT2D eigenvalue weighted by Gasteiger charge is -2.24. The Hall–Kier alpha value is -0.100. The van der Waals surface area contributed by atoms with Crippen LogP contribution in [0.1, 0.15) is 24.8 Å². The molecule has 0 saturated carbocycles. The standard InChI is InChI=1S/C9H10BrClO3S/c1-9(2,8(13)14)6(12)5-3-4(10)7(11)15-5/h3,6,12H,1-2H3,(H,13,14). The third kappa shape index (κ3) is 2.53. The minimum absolute atomic E-state index is 0.505. The van der Waals surface area contributed by atoms with E-state index in [1.165, 1.54) is 25.2 Å². The second kappa shape index (κ2) is 4.41. The Balaban J connectivity index is 3.04. The minimum atomic E-state index is -1.23. The number of hydrogen-bond donors (Lipinski definition) is 2. The zero-order chi connectivity index (χ0) is 11.8. The van der Waals surface area contributed by atoms with Crippen molar-refractivity contribution >= 4 is 44.8 Å². The van der Waals surface area contributed by atoms with Gasteiger partial charge >= 0.3 is 5.97 Å². The largest absolute Gasteiger partial charge is 0.481 e. The van der Waals surface area contributed by atoms with Crippen LogP contribution in [0, 0.1) is 5.41 Å². The van der Waals surface area contributed by atoms with E-state index in [2.05, 4.69) is 15.9 Å². The number of thiophene rings is 1. The first-order valence-electron chi connectivity index (χ1n) is 4.13. The van der Waals surface area contributed by atoms with Gasteiger partial charge in [0.15, 0.2) is 0 Å². The normalized spacial score (nSPS) is 13.9. The van der Waals surface area contributed by atoms with E-state index in [9.17, 15) is 9.90 Å². The summed E-state index contributed by atoms with van der Waals surface area (Å²) in [6.07, 6.45) is -1.07. The fourth-order valence-corrected chi connectivity index (χ4v) is 2.88. The van der Waals surface area contributed by atoms with Gasteiger partial charge in [-0.3, -0.25) is 4.79 Å². The summed E-state index contributed by atoms with van der Waals surface area (Å²) >= 11 is 10.2. The van der Waals surface area contributed by atoms with Gasteiger partial charge in [0, 0.05) is 9.35 Å². The van der Waals surface area contributed by atoms with Crippen molar-refractivity contribution in [3.8, 4) is 0 Å². The molecule has 0 amide bonds. The van der Waals surface area contributed by atoms with Crippen molar-refractivity contribution in [2.24, 2.45) is 5.41 Å². The Kier molecular flexibility index (Phi) is 3.81. The van der Waals surface area contributed by atoms with Gasteiger partial charge in [-0.05, 0) is 35.8 Å². The summed E-state index contributed by atoms with van der Waals surface area (Å²) in [5, 5.41) is 18.9. The molecule has 84 valence electrons. The number of aliphatic carboxylic acids is 1. The molecular weight excluding hydrogens is 304 g/mol. The van der Waals surface area contributed by atoms with E-state index in [0.29, 0.717) is 13.7 Å². The number of aliphatic hydroxyl groups is 1. The van der Waals surface area contributed by atoms with Crippen molar-refractivity contribution in [2.45, 2.75) is 20.0 Å². The van der Waals surface area contributed by atoms with Crippen LogP contribution in [0.25, 0.3) is 0 Å². The van der Waals surface area contributed by atoms with Crippen molar-refractivity contribution in [3.05, 3.63) is 19.8 Å². The molecule has 1 aromatic rings. The number of rotatable bonds is 3. The number of carboxylic acids is 1. The maximum Gasteiger partial charge on any atom is 0.312 e. The Labute approximate surface area is 105 Å². The molecule has 1 rings (SSSR count). The van der Waals surface area contributed by atoms with Gasteiger partial charge in [0.25, 0.3) is 0 Å². The van der Waals surface area contributed by atoms with E-state index in [4.69, 9.17) is 16.7 Å². The van der Waals surface area contributed by atoms with E-state index < -0.39 is 17.5 Å². The smallest absolute Gasteiger partial charge is 0.312 e. The molecule has 1 unspecified atom stereocenters. The quantitative estimate of drug-likeness (QED) is 0.900. The van der Waals surface area contributed by atoms with Gasteiger partial charge in [-0.25, -0.2) is 0 Å². The Morgan fingerprint density at radius 3 is 2.53 bits per heavy atom. The van der Waals surface area contributed by atoms with Crippen LogP contribution in [0.3, 0.4) is 0 Å². The number of carbonyl (C=O) groups is 1. The highest BCUT2D eigenvalue weighted by atomic mass is 79.9. The average Bonchev–Trinajstić information content (AvgIpc) is 2.45. The molecule has 2 N–H and O–H groups in total. The van der Waals surface area contributed by atoms with Crippen LogP contribution in [0.15, 0.2) is 10.5 Å². The first-order chi connectivity index (χ1) is 6.76. The van der Waals surface area contributed by atoms with Crippen LogP contribution in [0.4, 0.5) is 0 Å². The van der Waals surface area contributed by atoms with Crippen LogP contribution in [-0.4, -0.2) is 16.2 Å². The maximum atomic E-state index is 10.9. The molecule has 0 spiro atoms. The lowest BCUT2D eigenvalue weighted by atomic mass is 9.86.